The first-order chi connectivity index (χ1) is 2.00. The van der Waals surface area contributed by atoms with Crippen molar-refractivity contribution in [1.82, 2.24) is 0 Å². The molecule has 0 saturated heterocycles. The van der Waals surface area contributed by atoms with Gasteiger partial charge in [0.05, 0.1) is 0 Å². The summed E-state index contributed by atoms with van der Waals surface area (Å²) in [5, 5.41) is 0. The Hall–Kier alpha value is 1.09. The zero-order valence-electron chi connectivity index (χ0n) is 2.64. The van der Waals surface area contributed by atoms with Gasteiger partial charge in [-0.3, -0.25) is 0 Å². The summed E-state index contributed by atoms with van der Waals surface area (Å²) in [7, 11) is 0. The van der Waals surface area contributed by atoms with Crippen molar-refractivity contribution in [2.24, 2.45) is 0 Å². The second kappa shape index (κ2) is 5.23. The Morgan fingerprint density at radius 1 is 1.00 bits per heavy atom. The fourth-order valence-electron chi connectivity index (χ4n) is 0. The summed E-state index contributed by atoms with van der Waals surface area (Å²) >= 11 is -5.75. The summed E-state index contributed by atoms with van der Waals surface area (Å²) in [4.78, 5) is 0. The van der Waals surface area contributed by atoms with Crippen LogP contribution in [0.15, 0.2) is 0 Å². The molecule has 0 heterocycles. The van der Waals surface area contributed by atoms with Crippen molar-refractivity contribution in [1.29, 1.82) is 0 Å². The maximum atomic E-state index is 8.59. The summed E-state index contributed by atoms with van der Waals surface area (Å²) in [6.07, 6.45) is 0. The van der Waals surface area contributed by atoms with Crippen molar-refractivity contribution in [3.63, 3.8) is 0 Å². The monoisotopic (exact) mass is 242 g/mol. The Morgan fingerprint density at radius 3 is 1.00 bits per heavy atom. The molecule has 0 aliphatic heterocycles. The minimum atomic E-state index is -5.75. The van der Waals surface area contributed by atoms with Crippen LogP contribution in [0.2, 0.25) is 0 Å². The average Bonchev–Trinajstić information content (AvgIpc) is 0.722. The van der Waals surface area contributed by atoms with Crippen molar-refractivity contribution >= 4 is 0 Å². The molecule has 0 amide bonds. The summed E-state index contributed by atoms with van der Waals surface area (Å²) < 4.78 is 34.4. The maximum absolute atomic E-state index is 8.59. The van der Waals surface area contributed by atoms with Gasteiger partial charge in [0.15, 0.2) is 0 Å². The molecule has 0 radical (unpaired) electrons. The molecule has 0 saturated carbocycles. The van der Waals surface area contributed by atoms with Crippen molar-refractivity contribution < 1.29 is 63.7 Å². The summed E-state index contributed by atoms with van der Waals surface area (Å²) in [6, 6.07) is 0. The first-order valence-corrected chi connectivity index (χ1v) is 2.75. The molecular weight excluding hydrogens is 243 g/mol. The molecule has 0 bridgehead atoms. The zero-order chi connectivity index (χ0) is 4.50. The fraction of sp³-hybridized carbons (Fsp3) is 0. The van der Waals surface area contributed by atoms with Crippen molar-refractivity contribution in [3.8, 4) is 0 Å². The van der Waals surface area contributed by atoms with Crippen LogP contribution in [0, 0.1) is 0 Å². The van der Waals surface area contributed by atoms with E-state index >= 15 is 0 Å². The van der Waals surface area contributed by atoms with Crippen LogP contribution >= 0.6 is 0 Å². The normalized spacial score (nSPS) is 8.29. The van der Waals surface area contributed by atoms with Crippen LogP contribution in [-0.4, -0.2) is 0 Å². The topological polar surface area (TPSA) is 80.3 Å². The average molecular weight is 243 g/mol. The van der Waals surface area contributed by atoms with E-state index in [1.165, 1.54) is 0 Å². The van der Waals surface area contributed by atoms with Crippen molar-refractivity contribution in [2.45, 2.75) is 0 Å². The molecule has 0 unspecified atom stereocenters. The Kier molecular flexibility index (Phi) is 11.7. The predicted octanol–water partition coefficient (Wildman–Crippen LogP) is -2.62. The van der Waals surface area contributed by atoms with Gasteiger partial charge in [0.2, 0.25) is 0 Å². The second-order valence-electron chi connectivity index (χ2n) is 0.408. The van der Waals surface area contributed by atoms with E-state index in [4.69, 9.17) is 15.9 Å². The number of hydrogen-bond acceptors (Lipinski definition) is 4. The van der Waals surface area contributed by atoms with Crippen LogP contribution in [-0.2, 0) is 55.4 Å². The van der Waals surface area contributed by atoms with E-state index in [1.54, 1.807) is 0 Å². The molecule has 0 fully saturated rings. The predicted molar refractivity (Wildman–Crippen MR) is 1.37 cm³/mol. The van der Waals surface area contributed by atoms with Crippen LogP contribution < -0.4 is 8.32 Å². The van der Waals surface area contributed by atoms with Crippen molar-refractivity contribution in [2.75, 3.05) is 0 Å². The molecule has 0 N–H and O–H groups in total. The molecule has 7 heavy (non-hydrogen) atoms. The van der Waals surface area contributed by atoms with E-state index in [0.29, 0.717) is 0 Å². The summed E-state index contributed by atoms with van der Waals surface area (Å²) in [5.74, 6) is 0. The SMILES string of the molecule is [Cu+].[Cu+].[O]=[Cr](=[O])([O-])[O-]. The van der Waals surface area contributed by atoms with Crippen molar-refractivity contribution in [3.05, 3.63) is 0 Å². The molecule has 0 aromatic carbocycles. The first-order valence-electron chi connectivity index (χ1n) is 0.667. The molecule has 0 aliphatic carbocycles. The van der Waals surface area contributed by atoms with Gasteiger partial charge >= 0.3 is 63.7 Å². The van der Waals surface area contributed by atoms with E-state index in [0.717, 1.165) is 0 Å². The minimum absolute atomic E-state index is 0. The Labute approximate surface area is 63.6 Å². The van der Waals surface area contributed by atoms with Crippen LogP contribution in [0.25, 0.3) is 0 Å². The van der Waals surface area contributed by atoms with E-state index in [1.807, 2.05) is 0 Å². The van der Waals surface area contributed by atoms with Gasteiger partial charge in [0.25, 0.3) is 0 Å². The molecule has 0 aromatic heterocycles. The van der Waals surface area contributed by atoms with Gasteiger partial charge in [-0.25, -0.2) is 0 Å². The van der Waals surface area contributed by atoms with Gasteiger partial charge in [-0.2, -0.15) is 0 Å². The van der Waals surface area contributed by atoms with E-state index < -0.39 is 13.6 Å². The molecule has 7 heteroatoms. The van der Waals surface area contributed by atoms with Gasteiger partial charge in [0.1, 0.15) is 0 Å². The Bertz CT molecular complexity index is 92.9. The summed E-state index contributed by atoms with van der Waals surface area (Å²) in [6.45, 7) is 0. The first kappa shape index (κ1) is 15.7. The third-order valence-corrected chi connectivity index (χ3v) is 0. The molecule has 0 rings (SSSR count). The Morgan fingerprint density at radius 2 is 1.00 bits per heavy atom. The van der Waals surface area contributed by atoms with Gasteiger partial charge < -0.3 is 0 Å². The second-order valence-corrected chi connectivity index (χ2v) is 1.68. The van der Waals surface area contributed by atoms with E-state index in [9.17, 15) is 0 Å². The van der Waals surface area contributed by atoms with Crippen LogP contribution in [0.3, 0.4) is 0 Å². The number of hydrogen-bond donors (Lipinski definition) is 0. The quantitative estimate of drug-likeness (QED) is 0.436. The van der Waals surface area contributed by atoms with Crippen LogP contribution in [0.5, 0.6) is 0 Å². The fourth-order valence-corrected chi connectivity index (χ4v) is 0. The van der Waals surface area contributed by atoms with Crippen LogP contribution in [0.1, 0.15) is 0 Å². The van der Waals surface area contributed by atoms with Gasteiger partial charge in [-0.05, 0) is 0 Å². The molecule has 4 nitrogen and oxygen atoms in total. The molecule has 0 spiro atoms. The molecular formula is CrCu2O4. The van der Waals surface area contributed by atoms with E-state index in [-0.39, 0.29) is 34.1 Å². The molecule has 52 valence electrons. The zero-order valence-corrected chi connectivity index (χ0v) is 5.80. The molecule has 0 aliphatic rings. The summed E-state index contributed by atoms with van der Waals surface area (Å²) in [5.41, 5.74) is 0. The van der Waals surface area contributed by atoms with Gasteiger partial charge in [-0.1, -0.05) is 0 Å². The third kappa shape index (κ3) is 154. The number of rotatable bonds is 0. The van der Waals surface area contributed by atoms with Crippen LogP contribution in [0.4, 0.5) is 0 Å². The Balaban J connectivity index is -0.0000000800. The van der Waals surface area contributed by atoms with Gasteiger partial charge in [0, 0.05) is 0 Å². The third-order valence-electron chi connectivity index (χ3n) is 0. The standard InChI is InChI=1S/Cr.2Cu.4O/q;2*+1;;;2*-1. The molecule has 0 atom stereocenters. The van der Waals surface area contributed by atoms with Gasteiger partial charge in [-0.15, -0.1) is 0 Å². The molecule has 0 aromatic rings. The van der Waals surface area contributed by atoms with E-state index in [2.05, 4.69) is 0 Å².